The second kappa shape index (κ2) is 6.08. The molecule has 1 unspecified atom stereocenters. The predicted octanol–water partition coefficient (Wildman–Crippen LogP) is 2.67. The Hall–Kier alpha value is -1.51. The topological polar surface area (TPSA) is 71.1 Å². The molecule has 1 aromatic heterocycles. The summed E-state index contributed by atoms with van der Waals surface area (Å²) in [5.41, 5.74) is 1.11. The average Bonchev–Trinajstić information content (AvgIpc) is 2.85. The number of aromatic nitrogens is 1. The van der Waals surface area contributed by atoms with Crippen molar-refractivity contribution in [3.8, 4) is 0 Å². The zero-order valence-corrected chi connectivity index (χ0v) is 13.5. The molecule has 1 atom stereocenters. The van der Waals surface area contributed by atoms with Gasteiger partial charge in [-0.05, 0) is 44.7 Å². The van der Waals surface area contributed by atoms with Gasteiger partial charge < -0.3 is 5.32 Å². The first-order valence-corrected chi connectivity index (χ1v) is 8.61. The molecule has 2 rings (SSSR count). The van der Waals surface area contributed by atoms with E-state index in [2.05, 4.69) is 15.0 Å². The second-order valence-corrected chi connectivity index (χ2v) is 7.11. The fourth-order valence-corrected chi connectivity index (χ4v) is 4.05. The lowest BCUT2D eigenvalue weighted by Gasteiger charge is -2.08. The number of rotatable bonds is 5. The van der Waals surface area contributed by atoms with Crippen LogP contribution in [0.2, 0.25) is 0 Å². The van der Waals surface area contributed by atoms with Crippen LogP contribution in [0, 0.1) is 12.7 Å². The van der Waals surface area contributed by atoms with Crippen LogP contribution in [0.5, 0.6) is 0 Å². The van der Waals surface area contributed by atoms with Crippen molar-refractivity contribution in [2.24, 2.45) is 0 Å². The maximum atomic E-state index is 13.1. The smallest absolute Gasteiger partial charge is 0.263 e. The van der Waals surface area contributed by atoms with Crippen molar-refractivity contribution in [1.29, 1.82) is 0 Å². The lowest BCUT2D eigenvalue weighted by molar-refractivity contribution is 0.598. The van der Waals surface area contributed by atoms with Crippen molar-refractivity contribution >= 4 is 26.5 Å². The van der Waals surface area contributed by atoms with Gasteiger partial charge in [0.05, 0.1) is 10.6 Å². The van der Waals surface area contributed by atoms with Crippen LogP contribution in [-0.2, 0) is 10.0 Å². The Morgan fingerprint density at radius 2 is 2.10 bits per heavy atom. The summed E-state index contributed by atoms with van der Waals surface area (Å²) in [6, 6.07) is 3.59. The van der Waals surface area contributed by atoms with E-state index in [1.165, 1.54) is 23.5 Å². The lowest BCUT2D eigenvalue weighted by Crippen LogP contribution is -2.15. The van der Waals surface area contributed by atoms with Crippen molar-refractivity contribution in [3.63, 3.8) is 0 Å². The van der Waals surface area contributed by atoms with Gasteiger partial charge in [0.25, 0.3) is 10.0 Å². The van der Waals surface area contributed by atoms with Crippen LogP contribution >= 0.6 is 11.3 Å². The third kappa shape index (κ3) is 3.58. The van der Waals surface area contributed by atoms with Gasteiger partial charge in [-0.15, -0.1) is 11.3 Å². The van der Waals surface area contributed by atoms with Crippen LogP contribution in [0.25, 0.3) is 0 Å². The number of halogens is 1. The highest BCUT2D eigenvalue weighted by molar-refractivity contribution is 7.93. The number of benzene rings is 1. The number of thiazole rings is 1. The Morgan fingerprint density at radius 1 is 1.38 bits per heavy atom. The molecule has 2 aromatic rings. The van der Waals surface area contributed by atoms with Crippen molar-refractivity contribution in [1.82, 2.24) is 10.3 Å². The highest BCUT2D eigenvalue weighted by atomic mass is 32.2. The summed E-state index contributed by atoms with van der Waals surface area (Å²) in [5.74, 6) is -0.467. The van der Waals surface area contributed by atoms with Gasteiger partial charge in [-0.2, -0.15) is 0 Å². The minimum absolute atomic E-state index is 0.0343. The SMILES string of the molecule is CNC(C)c1csc(NS(=O)(=O)c2ccc(F)cc2C)n1. The standard InChI is InChI=1S/C13H16FN3O2S2/c1-8-6-10(14)4-5-12(8)21(18,19)17-13-16-11(7-20-13)9(2)15-3/h4-7,9,15H,1-3H3,(H,16,17). The summed E-state index contributed by atoms with van der Waals surface area (Å²) in [7, 11) is -1.97. The van der Waals surface area contributed by atoms with Gasteiger partial charge in [0.1, 0.15) is 5.82 Å². The summed E-state index contributed by atoms with van der Waals surface area (Å²) >= 11 is 1.21. The van der Waals surface area contributed by atoms with E-state index in [0.717, 1.165) is 11.8 Å². The Labute approximate surface area is 127 Å². The molecular formula is C13H16FN3O2S2. The second-order valence-electron chi connectivity index (χ2n) is 4.60. The van der Waals surface area contributed by atoms with E-state index in [9.17, 15) is 12.8 Å². The molecule has 8 heteroatoms. The highest BCUT2D eigenvalue weighted by Gasteiger charge is 2.19. The van der Waals surface area contributed by atoms with E-state index in [4.69, 9.17) is 0 Å². The molecule has 0 bridgehead atoms. The van der Waals surface area contributed by atoms with Gasteiger partial charge in [0, 0.05) is 11.4 Å². The molecule has 1 aromatic carbocycles. The molecule has 0 saturated carbocycles. The number of sulfonamides is 1. The molecule has 1 heterocycles. The summed E-state index contributed by atoms with van der Waals surface area (Å²) < 4.78 is 40.1. The highest BCUT2D eigenvalue weighted by Crippen LogP contribution is 2.24. The number of hydrogen-bond donors (Lipinski definition) is 2. The van der Waals surface area contributed by atoms with Gasteiger partial charge >= 0.3 is 0 Å². The molecule has 0 radical (unpaired) electrons. The number of nitrogens with one attached hydrogen (secondary N) is 2. The number of nitrogens with zero attached hydrogens (tertiary/aromatic N) is 1. The molecule has 0 saturated heterocycles. The molecule has 0 fully saturated rings. The van der Waals surface area contributed by atoms with Crippen molar-refractivity contribution in [3.05, 3.63) is 40.7 Å². The lowest BCUT2D eigenvalue weighted by atomic mass is 10.2. The number of aryl methyl sites for hydroxylation is 1. The van der Waals surface area contributed by atoms with Gasteiger partial charge in [0.2, 0.25) is 0 Å². The quantitative estimate of drug-likeness (QED) is 0.885. The average molecular weight is 329 g/mol. The molecule has 0 aliphatic carbocycles. The van der Waals surface area contributed by atoms with Crippen molar-refractivity contribution < 1.29 is 12.8 Å². The van der Waals surface area contributed by atoms with Crippen LogP contribution in [0.4, 0.5) is 9.52 Å². The summed E-state index contributed by atoms with van der Waals surface area (Å²) in [5, 5.41) is 5.11. The first-order chi connectivity index (χ1) is 9.83. The van der Waals surface area contributed by atoms with E-state index in [1.807, 2.05) is 6.92 Å². The molecule has 0 aliphatic heterocycles. The predicted molar refractivity (Wildman–Crippen MR) is 81.5 cm³/mol. The zero-order chi connectivity index (χ0) is 15.6. The minimum Gasteiger partial charge on any atom is -0.312 e. The minimum atomic E-state index is -3.77. The Balaban J connectivity index is 2.27. The molecule has 0 spiro atoms. The molecule has 2 N–H and O–H groups in total. The van der Waals surface area contributed by atoms with Crippen molar-refractivity contribution in [2.45, 2.75) is 24.8 Å². The molecule has 21 heavy (non-hydrogen) atoms. The maximum absolute atomic E-state index is 13.1. The van der Waals surface area contributed by atoms with Crippen LogP contribution in [-0.4, -0.2) is 20.4 Å². The molecule has 0 amide bonds. The first kappa shape index (κ1) is 15.9. The van der Waals surface area contributed by atoms with Crippen LogP contribution in [0.3, 0.4) is 0 Å². The van der Waals surface area contributed by atoms with Gasteiger partial charge in [-0.1, -0.05) is 0 Å². The molecule has 0 aliphatic rings. The Morgan fingerprint density at radius 3 is 2.71 bits per heavy atom. The number of hydrogen-bond acceptors (Lipinski definition) is 5. The third-order valence-electron chi connectivity index (χ3n) is 3.05. The van der Waals surface area contributed by atoms with E-state index in [0.29, 0.717) is 5.56 Å². The van der Waals surface area contributed by atoms with Crippen LogP contribution in [0.1, 0.15) is 24.2 Å². The van der Waals surface area contributed by atoms with Crippen molar-refractivity contribution in [2.75, 3.05) is 11.8 Å². The summed E-state index contributed by atoms with van der Waals surface area (Å²) in [6.45, 7) is 3.48. The monoisotopic (exact) mass is 329 g/mol. The Kier molecular flexibility index (Phi) is 4.60. The van der Waals surface area contributed by atoms with Gasteiger partial charge in [-0.3, -0.25) is 4.72 Å². The molecule has 5 nitrogen and oxygen atoms in total. The zero-order valence-electron chi connectivity index (χ0n) is 11.8. The fourth-order valence-electron chi connectivity index (χ4n) is 1.76. The summed E-state index contributed by atoms with van der Waals surface area (Å²) in [6.07, 6.45) is 0. The van der Waals surface area contributed by atoms with E-state index in [-0.39, 0.29) is 16.1 Å². The molecular weight excluding hydrogens is 313 g/mol. The van der Waals surface area contributed by atoms with Crippen LogP contribution in [0.15, 0.2) is 28.5 Å². The number of anilines is 1. The van der Waals surface area contributed by atoms with E-state index in [1.54, 1.807) is 19.4 Å². The van der Waals surface area contributed by atoms with Crippen LogP contribution < -0.4 is 10.0 Å². The summed E-state index contributed by atoms with van der Waals surface area (Å²) in [4.78, 5) is 4.27. The van der Waals surface area contributed by atoms with E-state index < -0.39 is 15.8 Å². The maximum Gasteiger partial charge on any atom is 0.263 e. The van der Waals surface area contributed by atoms with Gasteiger partial charge in [-0.25, -0.2) is 17.8 Å². The normalized spacial score (nSPS) is 13.1. The first-order valence-electron chi connectivity index (χ1n) is 6.25. The van der Waals surface area contributed by atoms with E-state index >= 15 is 0 Å². The third-order valence-corrected chi connectivity index (χ3v) is 5.45. The van der Waals surface area contributed by atoms with Gasteiger partial charge in [0.15, 0.2) is 5.13 Å². The largest absolute Gasteiger partial charge is 0.312 e. The Bertz CT molecular complexity index is 744. The molecule has 114 valence electrons. The fraction of sp³-hybridized carbons (Fsp3) is 0.308.